The van der Waals surface area contributed by atoms with Crippen LogP contribution in [0, 0.1) is 0 Å². The summed E-state index contributed by atoms with van der Waals surface area (Å²) in [5.41, 5.74) is -1.71. The number of allylic oxidation sites excluding steroid dienone is 4. The van der Waals surface area contributed by atoms with Gasteiger partial charge in [0.25, 0.3) is 0 Å². The normalized spacial score (nSPS) is 20.6. The second kappa shape index (κ2) is 14.7. The number of hydrogen-bond donors (Lipinski definition) is 0. The molecule has 0 saturated carbocycles. The van der Waals surface area contributed by atoms with Crippen molar-refractivity contribution >= 4 is 61.1 Å². The fourth-order valence-electron chi connectivity index (χ4n) is 7.03. The number of fused-ring (bicyclic) bond motifs is 4. The molecule has 0 saturated heterocycles. The Morgan fingerprint density at radius 2 is 0.763 bits per heavy atom. The van der Waals surface area contributed by atoms with Crippen molar-refractivity contribution in [2.75, 3.05) is 0 Å². The molecule has 3 aliphatic rings. The van der Waals surface area contributed by atoms with E-state index in [1.165, 1.54) is 37.8 Å². The standard InChI is InChI=1S/C26H14F6S2.C10H7BrS.C5F8/c27-24(28)19-17-11-13-33-21(17)23(15-7-3-1-4-8-15,16-9-5-2-6-10-16)22-18(12-14-34-22)20(19)25(29,30)26(24,31)32;11-9-6-7-12-10(9)8-4-2-1-3-5-8;6-1-2(7)4(10,11)5(12,13)3(1,8)9/h1-14H;1-7H;. The Bertz CT molecular complexity index is 2420. The van der Waals surface area contributed by atoms with E-state index in [9.17, 15) is 43.9 Å². The number of benzene rings is 3. The zero-order chi connectivity index (χ0) is 43.0. The molecule has 0 N–H and O–H groups in total. The van der Waals surface area contributed by atoms with Crippen LogP contribution >= 0.6 is 49.9 Å². The molecule has 6 aromatic rings. The first-order valence-electron chi connectivity index (χ1n) is 16.8. The molecule has 59 heavy (non-hydrogen) atoms. The zero-order valence-corrected chi connectivity index (χ0v) is 33.1. The maximum Gasteiger partial charge on any atom is 0.385 e. The zero-order valence-electron chi connectivity index (χ0n) is 29.0. The molecular weight excluding hydrogens is 935 g/mol. The van der Waals surface area contributed by atoms with Gasteiger partial charge in [-0.15, -0.1) is 34.0 Å². The summed E-state index contributed by atoms with van der Waals surface area (Å²) in [6, 6.07) is 32.9. The number of thiophene rings is 3. The monoisotopic (exact) mass is 954 g/mol. The first kappa shape index (κ1) is 42.8. The predicted octanol–water partition coefficient (Wildman–Crippen LogP) is 15.6. The number of hydrogen-bond acceptors (Lipinski definition) is 3. The third-order valence-electron chi connectivity index (χ3n) is 9.82. The molecule has 0 fully saturated rings. The Morgan fingerprint density at radius 1 is 0.407 bits per heavy atom. The van der Waals surface area contributed by atoms with Gasteiger partial charge < -0.3 is 0 Å². The summed E-state index contributed by atoms with van der Waals surface area (Å²) in [7, 11) is 0. The summed E-state index contributed by atoms with van der Waals surface area (Å²) in [6.45, 7) is 0. The lowest BCUT2D eigenvalue weighted by Gasteiger charge is -2.36. The van der Waals surface area contributed by atoms with E-state index in [1.54, 1.807) is 72.0 Å². The minimum Gasteiger partial charge on any atom is -0.202 e. The Morgan fingerprint density at radius 3 is 1.10 bits per heavy atom. The molecule has 0 aliphatic heterocycles. The molecule has 0 bridgehead atoms. The van der Waals surface area contributed by atoms with Crippen molar-refractivity contribution in [2.45, 2.75) is 41.0 Å². The fourth-order valence-corrected chi connectivity index (χ4v) is 11.0. The van der Waals surface area contributed by atoms with Crippen LogP contribution in [-0.4, -0.2) is 35.5 Å². The molecule has 308 valence electrons. The van der Waals surface area contributed by atoms with E-state index in [-0.39, 0.29) is 11.1 Å². The predicted molar refractivity (Wildman–Crippen MR) is 204 cm³/mol. The molecule has 0 amide bonds. The average Bonchev–Trinajstić information content (AvgIpc) is 4.01. The summed E-state index contributed by atoms with van der Waals surface area (Å²) in [6.07, 6.45) is 0. The second-order valence-electron chi connectivity index (χ2n) is 13.1. The van der Waals surface area contributed by atoms with Crippen LogP contribution in [0.5, 0.6) is 0 Å². The minimum atomic E-state index is -6.06. The average molecular weight is 956 g/mol. The quantitative estimate of drug-likeness (QED) is 0.155. The Labute approximate surface area is 345 Å². The third kappa shape index (κ3) is 6.09. The summed E-state index contributed by atoms with van der Waals surface area (Å²) >= 11 is 7.47. The van der Waals surface area contributed by atoms with Gasteiger partial charge >= 0.3 is 35.5 Å². The van der Waals surface area contributed by atoms with Gasteiger partial charge in [0.1, 0.15) is 0 Å². The Kier molecular flexibility index (Phi) is 10.7. The first-order valence-corrected chi connectivity index (χ1v) is 20.2. The minimum absolute atomic E-state index is 0.266. The maximum absolute atomic E-state index is 15.3. The highest BCUT2D eigenvalue weighted by molar-refractivity contribution is 9.10. The maximum atomic E-state index is 15.3. The van der Waals surface area contributed by atoms with Crippen molar-refractivity contribution in [3.63, 3.8) is 0 Å². The van der Waals surface area contributed by atoms with Crippen molar-refractivity contribution in [1.29, 1.82) is 0 Å². The molecule has 18 heteroatoms. The highest BCUT2D eigenvalue weighted by Crippen LogP contribution is 2.69. The van der Waals surface area contributed by atoms with Crippen LogP contribution in [0.3, 0.4) is 0 Å². The molecule has 0 radical (unpaired) electrons. The second-order valence-corrected chi connectivity index (χ2v) is 16.7. The van der Waals surface area contributed by atoms with Gasteiger partial charge in [-0.2, -0.15) is 52.7 Å². The molecule has 3 aliphatic carbocycles. The number of alkyl halides is 12. The van der Waals surface area contributed by atoms with Crippen LogP contribution in [0.15, 0.2) is 141 Å². The molecular formula is C41H21BrF14S3. The van der Waals surface area contributed by atoms with Crippen LogP contribution in [0.25, 0.3) is 21.6 Å². The molecule has 0 atom stereocenters. The van der Waals surface area contributed by atoms with Crippen LogP contribution < -0.4 is 0 Å². The molecule has 3 heterocycles. The van der Waals surface area contributed by atoms with Gasteiger partial charge in [0.15, 0.2) is 0 Å². The molecule has 0 nitrogen and oxygen atoms in total. The lowest BCUT2D eigenvalue weighted by molar-refractivity contribution is -0.271. The fraction of sp³-hybridized carbons (Fsp3) is 0.171. The van der Waals surface area contributed by atoms with E-state index in [1.807, 2.05) is 6.07 Å². The van der Waals surface area contributed by atoms with Crippen molar-refractivity contribution in [3.05, 3.63) is 173 Å². The van der Waals surface area contributed by atoms with Crippen LogP contribution in [0.4, 0.5) is 61.5 Å². The highest BCUT2D eigenvalue weighted by atomic mass is 79.9. The van der Waals surface area contributed by atoms with Crippen LogP contribution in [0.2, 0.25) is 0 Å². The summed E-state index contributed by atoms with van der Waals surface area (Å²) < 4.78 is 187. The van der Waals surface area contributed by atoms with Gasteiger partial charge in [0.2, 0.25) is 11.7 Å². The smallest absolute Gasteiger partial charge is 0.202 e. The van der Waals surface area contributed by atoms with E-state index in [0.717, 1.165) is 22.7 Å². The van der Waals surface area contributed by atoms with Gasteiger partial charge in [0.05, 0.1) is 5.41 Å². The van der Waals surface area contributed by atoms with Crippen LogP contribution in [-0.2, 0) is 5.41 Å². The molecule has 0 spiro atoms. The van der Waals surface area contributed by atoms with Crippen molar-refractivity contribution < 1.29 is 61.5 Å². The van der Waals surface area contributed by atoms with Crippen molar-refractivity contribution in [2.24, 2.45) is 0 Å². The van der Waals surface area contributed by atoms with Crippen LogP contribution in [0.1, 0.15) is 32.0 Å². The lowest BCUT2D eigenvalue weighted by Crippen LogP contribution is -2.49. The van der Waals surface area contributed by atoms with Gasteiger partial charge in [-0.05, 0) is 78.1 Å². The topological polar surface area (TPSA) is 0 Å². The first-order chi connectivity index (χ1) is 27.6. The summed E-state index contributed by atoms with van der Waals surface area (Å²) in [5, 5.41) is 5.09. The van der Waals surface area contributed by atoms with Crippen molar-refractivity contribution in [1.82, 2.24) is 0 Å². The van der Waals surface area contributed by atoms with Gasteiger partial charge in [-0.1, -0.05) is 91.0 Å². The molecule has 3 aromatic heterocycles. The van der Waals surface area contributed by atoms with Gasteiger partial charge in [-0.3, -0.25) is 0 Å². The number of halogens is 15. The SMILES string of the molecule is Brc1ccsc1-c1ccccc1.FC1(F)C2=C(c3ccsc3C(c3ccccc3)(c3ccccc3)c3sccc32)C(F)(F)C1(F)F.FC1=C(F)C(F)(F)C(F)(F)C1(F)F. The largest absolute Gasteiger partial charge is 0.385 e. The van der Waals surface area contributed by atoms with Crippen molar-refractivity contribution in [3.8, 4) is 10.4 Å². The van der Waals surface area contributed by atoms with E-state index in [0.29, 0.717) is 20.9 Å². The lowest BCUT2D eigenvalue weighted by atomic mass is 9.70. The number of rotatable bonds is 3. The summed E-state index contributed by atoms with van der Waals surface area (Å²) in [5.74, 6) is -40.1. The van der Waals surface area contributed by atoms with E-state index in [4.69, 9.17) is 0 Å². The van der Waals surface area contributed by atoms with E-state index < -0.39 is 63.8 Å². The highest BCUT2D eigenvalue weighted by Gasteiger charge is 2.83. The van der Waals surface area contributed by atoms with E-state index >= 15 is 17.6 Å². The van der Waals surface area contributed by atoms with Gasteiger partial charge in [0, 0.05) is 30.3 Å². The van der Waals surface area contributed by atoms with Gasteiger partial charge in [-0.25, -0.2) is 8.78 Å². The molecule has 3 aromatic carbocycles. The molecule has 0 unspecified atom stereocenters. The summed E-state index contributed by atoms with van der Waals surface area (Å²) in [4.78, 5) is 1.93. The Hall–Kier alpha value is -4.26. The Balaban J connectivity index is 0.000000172. The van der Waals surface area contributed by atoms with E-state index in [2.05, 4.69) is 51.6 Å². The molecule has 9 rings (SSSR count). The third-order valence-corrected chi connectivity index (χ3v) is 13.8.